The number of phenols is 1. The van der Waals surface area contributed by atoms with Crippen LogP contribution >= 0.6 is 11.8 Å². The molecule has 122 valence electrons. The number of esters is 1. The first-order chi connectivity index (χ1) is 11.7. The van der Waals surface area contributed by atoms with Crippen molar-refractivity contribution in [3.8, 4) is 5.75 Å². The number of ether oxygens (including phenoxy) is 1. The average molecular weight is 338 g/mol. The third-order valence-corrected chi connectivity index (χ3v) is 4.92. The standard InChI is InChI=1S/C20H18O3S/c1-2-23-20(22)19(24-16-12-10-15(21)11-13-16)18-9-5-7-14-6-3-4-8-17(14)18/h3-13,19,21H,2H2,1H3. The van der Waals surface area contributed by atoms with Crippen LogP contribution in [0.25, 0.3) is 10.8 Å². The Morgan fingerprint density at radius 3 is 2.50 bits per heavy atom. The van der Waals surface area contributed by atoms with Crippen LogP contribution in [0.5, 0.6) is 5.75 Å². The highest BCUT2D eigenvalue weighted by Crippen LogP contribution is 2.39. The molecule has 0 aliphatic heterocycles. The lowest BCUT2D eigenvalue weighted by molar-refractivity contribution is -0.142. The van der Waals surface area contributed by atoms with E-state index in [9.17, 15) is 9.90 Å². The molecule has 0 aliphatic rings. The van der Waals surface area contributed by atoms with E-state index < -0.39 is 5.25 Å². The van der Waals surface area contributed by atoms with Crippen LogP contribution in [0.4, 0.5) is 0 Å². The number of hydrogen-bond acceptors (Lipinski definition) is 4. The number of phenolic OH excluding ortho intramolecular Hbond substituents is 1. The van der Waals surface area contributed by atoms with Gasteiger partial charge in [0.25, 0.3) is 0 Å². The number of rotatable bonds is 5. The lowest BCUT2D eigenvalue weighted by Gasteiger charge is -2.17. The number of aromatic hydroxyl groups is 1. The van der Waals surface area contributed by atoms with Crippen molar-refractivity contribution in [1.82, 2.24) is 0 Å². The van der Waals surface area contributed by atoms with Gasteiger partial charge in [-0.15, -0.1) is 11.8 Å². The maximum atomic E-state index is 12.6. The lowest BCUT2D eigenvalue weighted by atomic mass is 10.0. The zero-order chi connectivity index (χ0) is 16.9. The first kappa shape index (κ1) is 16.4. The Labute approximate surface area is 145 Å². The monoisotopic (exact) mass is 338 g/mol. The van der Waals surface area contributed by atoms with Crippen LogP contribution in [-0.4, -0.2) is 17.7 Å². The molecular weight excluding hydrogens is 320 g/mol. The molecule has 4 heteroatoms. The predicted molar refractivity (Wildman–Crippen MR) is 97.3 cm³/mol. The van der Waals surface area contributed by atoms with Crippen molar-refractivity contribution in [1.29, 1.82) is 0 Å². The summed E-state index contributed by atoms with van der Waals surface area (Å²) in [6.07, 6.45) is 0. The molecule has 3 rings (SSSR count). The predicted octanol–water partition coefficient (Wildman–Crippen LogP) is 4.94. The fourth-order valence-corrected chi connectivity index (χ4v) is 3.66. The van der Waals surface area contributed by atoms with Gasteiger partial charge in [0.15, 0.2) is 0 Å². The van der Waals surface area contributed by atoms with E-state index in [2.05, 4.69) is 0 Å². The summed E-state index contributed by atoms with van der Waals surface area (Å²) in [4.78, 5) is 13.5. The van der Waals surface area contributed by atoms with Gasteiger partial charge in [-0.2, -0.15) is 0 Å². The van der Waals surface area contributed by atoms with Crippen LogP contribution in [0.15, 0.2) is 71.6 Å². The average Bonchev–Trinajstić information content (AvgIpc) is 2.61. The second kappa shape index (κ2) is 7.41. The minimum absolute atomic E-state index is 0.206. The van der Waals surface area contributed by atoms with Crippen molar-refractivity contribution in [2.75, 3.05) is 6.61 Å². The molecule has 1 atom stereocenters. The van der Waals surface area contributed by atoms with Gasteiger partial charge < -0.3 is 9.84 Å². The number of hydrogen-bond donors (Lipinski definition) is 1. The highest BCUT2D eigenvalue weighted by atomic mass is 32.2. The molecule has 3 nitrogen and oxygen atoms in total. The number of thioether (sulfide) groups is 1. The zero-order valence-corrected chi connectivity index (χ0v) is 14.1. The number of fused-ring (bicyclic) bond motifs is 1. The van der Waals surface area contributed by atoms with Crippen molar-refractivity contribution in [3.05, 3.63) is 72.3 Å². The molecule has 0 aromatic heterocycles. The molecule has 1 unspecified atom stereocenters. The number of carbonyl (C=O) groups excluding carboxylic acids is 1. The summed E-state index contributed by atoms with van der Waals surface area (Å²) in [6, 6.07) is 20.8. The summed E-state index contributed by atoms with van der Waals surface area (Å²) in [5.41, 5.74) is 0.935. The number of benzene rings is 3. The topological polar surface area (TPSA) is 46.5 Å². The molecule has 24 heavy (non-hydrogen) atoms. The van der Waals surface area contributed by atoms with Gasteiger partial charge >= 0.3 is 5.97 Å². The SMILES string of the molecule is CCOC(=O)C(Sc1ccc(O)cc1)c1cccc2ccccc12. The van der Waals surface area contributed by atoms with Gasteiger partial charge in [0, 0.05) is 4.90 Å². The van der Waals surface area contributed by atoms with E-state index in [1.54, 1.807) is 24.3 Å². The van der Waals surface area contributed by atoms with E-state index in [-0.39, 0.29) is 11.7 Å². The zero-order valence-electron chi connectivity index (χ0n) is 13.3. The third kappa shape index (κ3) is 3.54. The Morgan fingerprint density at radius 1 is 1.04 bits per heavy atom. The maximum absolute atomic E-state index is 12.6. The molecular formula is C20H18O3S. The van der Waals surface area contributed by atoms with Crippen LogP contribution in [0.1, 0.15) is 17.7 Å². The van der Waals surface area contributed by atoms with Gasteiger partial charge in [-0.3, -0.25) is 4.79 Å². The molecule has 3 aromatic carbocycles. The summed E-state index contributed by atoms with van der Waals surface area (Å²) in [5, 5.41) is 11.1. The largest absolute Gasteiger partial charge is 0.508 e. The van der Waals surface area contributed by atoms with Gasteiger partial charge in [-0.25, -0.2) is 0 Å². The van der Waals surface area contributed by atoms with Gasteiger partial charge in [0.2, 0.25) is 0 Å². The second-order valence-corrected chi connectivity index (χ2v) is 6.49. The maximum Gasteiger partial charge on any atom is 0.323 e. The highest BCUT2D eigenvalue weighted by molar-refractivity contribution is 8.00. The fourth-order valence-electron chi connectivity index (χ4n) is 2.60. The van der Waals surface area contributed by atoms with Gasteiger partial charge in [-0.05, 0) is 47.5 Å². The molecule has 0 bridgehead atoms. The first-order valence-corrected chi connectivity index (χ1v) is 8.67. The van der Waals surface area contributed by atoms with Crippen LogP contribution < -0.4 is 0 Å². The molecule has 0 aliphatic carbocycles. The Hall–Kier alpha value is -2.46. The first-order valence-electron chi connectivity index (χ1n) is 7.79. The van der Waals surface area contributed by atoms with Gasteiger partial charge in [-0.1, -0.05) is 42.5 Å². The Balaban J connectivity index is 2.03. The minimum Gasteiger partial charge on any atom is -0.508 e. The van der Waals surface area contributed by atoms with Gasteiger partial charge in [0.1, 0.15) is 11.0 Å². The summed E-state index contributed by atoms with van der Waals surface area (Å²) >= 11 is 1.43. The van der Waals surface area contributed by atoms with Gasteiger partial charge in [0.05, 0.1) is 6.61 Å². The number of carbonyl (C=O) groups is 1. The molecule has 0 spiro atoms. The highest BCUT2D eigenvalue weighted by Gasteiger charge is 2.25. The van der Waals surface area contributed by atoms with Crippen molar-refractivity contribution in [2.45, 2.75) is 17.1 Å². The summed E-state index contributed by atoms with van der Waals surface area (Å²) < 4.78 is 5.29. The van der Waals surface area contributed by atoms with E-state index in [1.165, 1.54) is 11.8 Å². The molecule has 0 saturated carbocycles. The minimum atomic E-state index is -0.458. The quantitative estimate of drug-likeness (QED) is 0.528. The summed E-state index contributed by atoms with van der Waals surface area (Å²) in [6.45, 7) is 2.15. The molecule has 0 amide bonds. The summed E-state index contributed by atoms with van der Waals surface area (Å²) in [5.74, 6) is -0.0517. The van der Waals surface area contributed by atoms with E-state index in [4.69, 9.17) is 4.74 Å². The van der Waals surface area contributed by atoms with Crippen molar-refractivity contribution >= 4 is 28.5 Å². The van der Waals surface area contributed by atoms with Crippen LogP contribution in [-0.2, 0) is 9.53 Å². The molecule has 0 radical (unpaired) electrons. The molecule has 0 heterocycles. The van der Waals surface area contributed by atoms with Crippen molar-refractivity contribution in [3.63, 3.8) is 0 Å². The van der Waals surface area contributed by atoms with Crippen molar-refractivity contribution in [2.24, 2.45) is 0 Å². The van der Waals surface area contributed by atoms with E-state index in [0.29, 0.717) is 6.61 Å². The molecule has 0 saturated heterocycles. The Bertz CT molecular complexity index is 838. The molecule has 3 aromatic rings. The fraction of sp³-hybridized carbons (Fsp3) is 0.150. The van der Waals surface area contributed by atoms with Crippen LogP contribution in [0.2, 0.25) is 0 Å². The van der Waals surface area contributed by atoms with E-state index >= 15 is 0 Å². The van der Waals surface area contributed by atoms with E-state index in [0.717, 1.165) is 21.2 Å². The normalized spacial score (nSPS) is 12.0. The molecule has 1 N–H and O–H groups in total. The Kier molecular flexibility index (Phi) is 5.06. The lowest BCUT2D eigenvalue weighted by Crippen LogP contribution is -2.13. The third-order valence-electron chi connectivity index (χ3n) is 3.70. The van der Waals surface area contributed by atoms with Crippen molar-refractivity contribution < 1.29 is 14.6 Å². The van der Waals surface area contributed by atoms with E-state index in [1.807, 2.05) is 49.4 Å². The second-order valence-electron chi connectivity index (χ2n) is 5.31. The Morgan fingerprint density at radius 2 is 1.75 bits per heavy atom. The van der Waals surface area contributed by atoms with Crippen LogP contribution in [0, 0.1) is 0 Å². The molecule has 0 fully saturated rings. The smallest absolute Gasteiger partial charge is 0.323 e. The summed E-state index contributed by atoms with van der Waals surface area (Å²) in [7, 11) is 0. The van der Waals surface area contributed by atoms with Crippen LogP contribution in [0.3, 0.4) is 0 Å².